The monoisotopic (exact) mass is 359 g/mol. The summed E-state index contributed by atoms with van der Waals surface area (Å²) in [6.07, 6.45) is 0.678. The molecule has 0 bridgehead atoms. The van der Waals surface area contributed by atoms with E-state index in [1.165, 1.54) is 12.1 Å². The number of benzene rings is 1. The van der Waals surface area contributed by atoms with Crippen molar-refractivity contribution in [2.45, 2.75) is 25.4 Å². The van der Waals surface area contributed by atoms with Crippen LogP contribution >= 0.6 is 39.1 Å². The molecule has 0 heterocycles. The molecular formula is C12H14BrCl2F2N. The Labute approximate surface area is 124 Å². The second-order valence-electron chi connectivity index (χ2n) is 4.08. The first-order valence-electron chi connectivity index (χ1n) is 5.49. The molecule has 1 aromatic carbocycles. The van der Waals surface area contributed by atoms with E-state index in [4.69, 9.17) is 23.2 Å². The SMILES string of the molecule is CCC(CCl)(CCl)NCc1c(F)ccc(Br)c1F. The Morgan fingerprint density at radius 1 is 1.28 bits per heavy atom. The predicted molar refractivity (Wildman–Crippen MR) is 75.4 cm³/mol. The summed E-state index contributed by atoms with van der Waals surface area (Å²) in [5.74, 6) is -0.622. The van der Waals surface area contributed by atoms with Crippen molar-refractivity contribution in [1.29, 1.82) is 0 Å². The van der Waals surface area contributed by atoms with Gasteiger partial charge in [0, 0.05) is 29.4 Å². The third kappa shape index (κ3) is 3.56. The fourth-order valence-electron chi connectivity index (χ4n) is 1.45. The summed E-state index contributed by atoms with van der Waals surface area (Å²) in [4.78, 5) is 0. The van der Waals surface area contributed by atoms with Gasteiger partial charge in [-0.25, -0.2) is 8.78 Å². The molecule has 6 heteroatoms. The lowest BCUT2D eigenvalue weighted by Gasteiger charge is -2.30. The molecule has 0 saturated heterocycles. The fraction of sp³-hybridized carbons (Fsp3) is 0.500. The largest absolute Gasteiger partial charge is 0.305 e. The summed E-state index contributed by atoms with van der Waals surface area (Å²) in [6.45, 7) is 1.97. The molecule has 0 radical (unpaired) electrons. The lowest BCUT2D eigenvalue weighted by molar-refractivity contribution is 0.375. The van der Waals surface area contributed by atoms with E-state index < -0.39 is 17.2 Å². The van der Waals surface area contributed by atoms with Crippen molar-refractivity contribution in [3.63, 3.8) is 0 Å². The van der Waals surface area contributed by atoms with Gasteiger partial charge in [-0.15, -0.1) is 23.2 Å². The highest BCUT2D eigenvalue weighted by Gasteiger charge is 2.26. The molecule has 0 unspecified atom stereocenters. The smallest absolute Gasteiger partial charge is 0.144 e. The van der Waals surface area contributed by atoms with Crippen LogP contribution in [0.3, 0.4) is 0 Å². The zero-order valence-electron chi connectivity index (χ0n) is 9.87. The molecule has 0 aliphatic rings. The van der Waals surface area contributed by atoms with Crippen molar-refractivity contribution >= 4 is 39.1 Å². The minimum absolute atomic E-state index is 0.0163. The van der Waals surface area contributed by atoms with E-state index in [1.54, 1.807) is 0 Å². The average molecular weight is 361 g/mol. The van der Waals surface area contributed by atoms with Gasteiger partial charge in [0.2, 0.25) is 0 Å². The molecule has 18 heavy (non-hydrogen) atoms. The number of hydrogen-bond donors (Lipinski definition) is 1. The Bertz CT molecular complexity index is 403. The van der Waals surface area contributed by atoms with Crippen LogP contribution in [-0.2, 0) is 6.54 Å². The van der Waals surface area contributed by atoms with Gasteiger partial charge in [-0.05, 0) is 34.5 Å². The fourth-order valence-corrected chi connectivity index (χ4v) is 2.68. The quantitative estimate of drug-likeness (QED) is 0.584. The lowest BCUT2D eigenvalue weighted by atomic mass is 10.0. The molecule has 1 rings (SSSR count). The lowest BCUT2D eigenvalue weighted by Crippen LogP contribution is -2.48. The first-order chi connectivity index (χ1) is 8.49. The maximum atomic E-state index is 13.8. The Kier molecular flexibility index (Phi) is 6.31. The molecule has 0 fully saturated rings. The van der Waals surface area contributed by atoms with Crippen molar-refractivity contribution in [1.82, 2.24) is 5.32 Å². The highest BCUT2D eigenvalue weighted by atomic mass is 79.9. The van der Waals surface area contributed by atoms with Crippen LogP contribution in [0.5, 0.6) is 0 Å². The highest BCUT2D eigenvalue weighted by Crippen LogP contribution is 2.23. The van der Waals surface area contributed by atoms with Crippen LogP contribution in [0.4, 0.5) is 8.78 Å². The third-order valence-corrected chi connectivity index (χ3v) is 4.60. The summed E-state index contributed by atoms with van der Waals surface area (Å²) >= 11 is 14.7. The molecule has 0 spiro atoms. The highest BCUT2D eigenvalue weighted by molar-refractivity contribution is 9.10. The molecule has 0 atom stereocenters. The van der Waals surface area contributed by atoms with Crippen LogP contribution in [0.1, 0.15) is 18.9 Å². The van der Waals surface area contributed by atoms with E-state index in [1.807, 2.05) is 6.92 Å². The van der Waals surface area contributed by atoms with Crippen molar-refractivity contribution < 1.29 is 8.78 Å². The summed E-state index contributed by atoms with van der Waals surface area (Å²) in [5, 5.41) is 3.04. The molecule has 0 amide bonds. The van der Waals surface area contributed by atoms with Crippen LogP contribution < -0.4 is 5.32 Å². The number of hydrogen-bond acceptors (Lipinski definition) is 1. The Morgan fingerprint density at radius 2 is 1.89 bits per heavy atom. The number of halogens is 5. The van der Waals surface area contributed by atoms with E-state index in [9.17, 15) is 8.78 Å². The molecular weight excluding hydrogens is 347 g/mol. The van der Waals surface area contributed by atoms with Crippen LogP contribution in [0, 0.1) is 11.6 Å². The van der Waals surface area contributed by atoms with Gasteiger partial charge in [0.1, 0.15) is 11.6 Å². The minimum Gasteiger partial charge on any atom is -0.305 e. The standard InChI is InChI=1S/C12H14BrCl2F2N/c1-2-12(6-14,7-15)18-5-8-10(16)4-3-9(13)11(8)17/h3-4,18H,2,5-7H2,1H3. The topological polar surface area (TPSA) is 12.0 Å². The second-order valence-corrected chi connectivity index (χ2v) is 5.47. The Morgan fingerprint density at radius 3 is 2.39 bits per heavy atom. The maximum absolute atomic E-state index is 13.8. The van der Waals surface area contributed by atoms with Gasteiger partial charge in [-0.2, -0.15) is 0 Å². The van der Waals surface area contributed by atoms with E-state index in [-0.39, 0.29) is 28.3 Å². The molecule has 0 saturated carbocycles. The van der Waals surface area contributed by atoms with Gasteiger partial charge in [0.05, 0.1) is 4.47 Å². The van der Waals surface area contributed by atoms with Gasteiger partial charge in [0.25, 0.3) is 0 Å². The molecule has 1 nitrogen and oxygen atoms in total. The van der Waals surface area contributed by atoms with Crippen molar-refractivity contribution in [3.05, 3.63) is 33.8 Å². The predicted octanol–water partition coefficient (Wildman–Crippen LogP) is 4.44. The molecule has 0 aliphatic heterocycles. The summed E-state index contributed by atoms with van der Waals surface area (Å²) in [5.41, 5.74) is -0.526. The molecule has 0 aliphatic carbocycles. The Balaban J connectivity index is 2.89. The normalized spacial score (nSPS) is 11.9. The first-order valence-corrected chi connectivity index (χ1v) is 7.35. The summed E-state index contributed by atoms with van der Waals surface area (Å²) in [7, 11) is 0. The summed E-state index contributed by atoms with van der Waals surface area (Å²) < 4.78 is 27.5. The van der Waals surface area contributed by atoms with E-state index >= 15 is 0 Å². The third-order valence-electron chi connectivity index (χ3n) is 2.97. The van der Waals surface area contributed by atoms with Crippen LogP contribution in [-0.4, -0.2) is 17.3 Å². The zero-order valence-corrected chi connectivity index (χ0v) is 13.0. The van der Waals surface area contributed by atoms with Crippen molar-refractivity contribution in [3.8, 4) is 0 Å². The first kappa shape index (κ1) is 16.2. The summed E-state index contributed by atoms with van der Waals surface area (Å²) in [6, 6.07) is 2.56. The van der Waals surface area contributed by atoms with Gasteiger partial charge in [0.15, 0.2) is 0 Å². The van der Waals surface area contributed by atoms with Crippen molar-refractivity contribution in [2.24, 2.45) is 0 Å². The molecule has 0 aromatic heterocycles. The van der Waals surface area contributed by atoms with Gasteiger partial charge < -0.3 is 5.32 Å². The second kappa shape index (κ2) is 7.04. The van der Waals surface area contributed by atoms with Crippen LogP contribution in [0.25, 0.3) is 0 Å². The van der Waals surface area contributed by atoms with Crippen LogP contribution in [0.15, 0.2) is 16.6 Å². The number of rotatable bonds is 6. The number of nitrogens with one attached hydrogen (secondary N) is 1. The van der Waals surface area contributed by atoms with Crippen molar-refractivity contribution in [2.75, 3.05) is 11.8 Å². The van der Waals surface area contributed by atoms with E-state index in [0.29, 0.717) is 6.42 Å². The number of alkyl halides is 2. The van der Waals surface area contributed by atoms with E-state index in [0.717, 1.165) is 0 Å². The van der Waals surface area contributed by atoms with Gasteiger partial charge in [-0.1, -0.05) is 6.92 Å². The zero-order chi connectivity index (χ0) is 13.8. The van der Waals surface area contributed by atoms with E-state index in [2.05, 4.69) is 21.2 Å². The van der Waals surface area contributed by atoms with Gasteiger partial charge in [-0.3, -0.25) is 0 Å². The minimum atomic E-state index is -0.600. The Hall–Kier alpha value is 0.1000. The molecule has 1 aromatic rings. The average Bonchev–Trinajstić information content (AvgIpc) is 2.39. The molecule has 1 N–H and O–H groups in total. The van der Waals surface area contributed by atoms with Crippen LogP contribution in [0.2, 0.25) is 0 Å². The maximum Gasteiger partial charge on any atom is 0.144 e. The van der Waals surface area contributed by atoms with Gasteiger partial charge >= 0.3 is 0 Å². The molecule has 102 valence electrons.